The zero-order chi connectivity index (χ0) is 15.6. The van der Waals surface area contributed by atoms with Gasteiger partial charge in [-0.25, -0.2) is 19.6 Å². The van der Waals surface area contributed by atoms with Crippen molar-refractivity contribution in [1.29, 1.82) is 0 Å². The molecule has 0 amide bonds. The molecule has 0 unspecified atom stereocenters. The topological polar surface area (TPSA) is 68.5 Å². The van der Waals surface area contributed by atoms with E-state index in [1.165, 1.54) is 0 Å². The van der Waals surface area contributed by atoms with Gasteiger partial charge in [-0.05, 0) is 36.6 Å². The molecule has 3 aromatic rings. The summed E-state index contributed by atoms with van der Waals surface area (Å²) in [5.41, 5.74) is 1.09. The van der Waals surface area contributed by atoms with E-state index in [0.29, 0.717) is 17.6 Å². The SMILES string of the molecule is Clc1cc(NCc2ccnc(-n3cccn3)c2)nc(C2CC2)n1. The first-order chi connectivity index (χ1) is 11.3. The molecule has 7 heteroatoms. The highest BCUT2D eigenvalue weighted by atomic mass is 35.5. The number of halogens is 1. The number of nitrogens with one attached hydrogen (secondary N) is 1. The van der Waals surface area contributed by atoms with E-state index >= 15 is 0 Å². The Kier molecular flexibility index (Phi) is 3.67. The predicted molar refractivity (Wildman–Crippen MR) is 87.7 cm³/mol. The molecular formula is C16H15ClN6. The van der Waals surface area contributed by atoms with Gasteiger partial charge in [0.15, 0.2) is 5.82 Å². The summed E-state index contributed by atoms with van der Waals surface area (Å²) >= 11 is 6.08. The molecule has 116 valence electrons. The highest BCUT2D eigenvalue weighted by molar-refractivity contribution is 6.29. The molecule has 0 aromatic carbocycles. The van der Waals surface area contributed by atoms with Crippen molar-refractivity contribution < 1.29 is 0 Å². The van der Waals surface area contributed by atoms with Crippen LogP contribution < -0.4 is 5.32 Å². The molecule has 23 heavy (non-hydrogen) atoms. The van der Waals surface area contributed by atoms with Gasteiger partial charge in [0.2, 0.25) is 0 Å². The van der Waals surface area contributed by atoms with E-state index in [-0.39, 0.29) is 0 Å². The molecule has 0 saturated heterocycles. The Bertz CT molecular complexity index is 813. The van der Waals surface area contributed by atoms with E-state index < -0.39 is 0 Å². The molecule has 0 spiro atoms. The third-order valence-corrected chi connectivity index (χ3v) is 3.87. The Labute approximate surface area is 138 Å². The summed E-state index contributed by atoms with van der Waals surface area (Å²) in [7, 11) is 0. The van der Waals surface area contributed by atoms with Crippen molar-refractivity contribution in [3.05, 3.63) is 59.4 Å². The van der Waals surface area contributed by atoms with Crippen molar-refractivity contribution in [2.45, 2.75) is 25.3 Å². The van der Waals surface area contributed by atoms with E-state index in [9.17, 15) is 0 Å². The molecule has 1 saturated carbocycles. The highest BCUT2D eigenvalue weighted by Gasteiger charge is 2.27. The van der Waals surface area contributed by atoms with Crippen molar-refractivity contribution in [3.8, 4) is 5.82 Å². The maximum absolute atomic E-state index is 6.08. The quantitative estimate of drug-likeness (QED) is 0.729. The average Bonchev–Trinajstić information content (AvgIpc) is 3.27. The molecule has 0 atom stereocenters. The third-order valence-electron chi connectivity index (χ3n) is 3.68. The lowest BCUT2D eigenvalue weighted by atomic mass is 10.2. The summed E-state index contributed by atoms with van der Waals surface area (Å²) < 4.78 is 1.73. The van der Waals surface area contributed by atoms with E-state index in [4.69, 9.17) is 11.6 Å². The minimum absolute atomic E-state index is 0.474. The van der Waals surface area contributed by atoms with Gasteiger partial charge >= 0.3 is 0 Å². The van der Waals surface area contributed by atoms with E-state index in [1.807, 2.05) is 24.4 Å². The Morgan fingerprint density at radius 2 is 2.13 bits per heavy atom. The minimum atomic E-state index is 0.474. The van der Waals surface area contributed by atoms with Crippen LogP contribution in [0.2, 0.25) is 5.15 Å². The molecule has 1 N–H and O–H groups in total. The van der Waals surface area contributed by atoms with Crippen molar-refractivity contribution in [1.82, 2.24) is 24.7 Å². The average molecular weight is 327 g/mol. The van der Waals surface area contributed by atoms with Crippen molar-refractivity contribution in [2.24, 2.45) is 0 Å². The standard InChI is InChI=1S/C16H15ClN6/c17-13-9-14(22-16(21-13)12-2-3-12)19-10-11-4-6-18-15(8-11)23-7-1-5-20-23/h1,4-9,12H,2-3,10H2,(H,19,21,22). The lowest BCUT2D eigenvalue weighted by Crippen LogP contribution is -2.06. The fraction of sp³-hybridized carbons (Fsp3) is 0.250. The van der Waals surface area contributed by atoms with Gasteiger partial charge < -0.3 is 5.32 Å². The first kappa shape index (κ1) is 14.1. The van der Waals surface area contributed by atoms with Gasteiger partial charge in [0.1, 0.15) is 16.8 Å². The number of hydrogen-bond donors (Lipinski definition) is 1. The van der Waals surface area contributed by atoms with Crippen molar-refractivity contribution in [3.63, 3.8) is 0 Å². The van der Waals surface area contributed by atoms with E-state index in [1.54, 1.807) is 23.1 Å². The maximum atomic E-state index is 6.08. The van der Waals surface area contributed by atoms with Crippen LogP contribution in [0.4, 0.5) is 5.82 Å². The molecule has 3 heterocycles. The summed E-state index contributed by atoms with van der Waals surface area (Å²) in [4.78, 5) is 13.2. The Balaban J connectivity index is 1.50. The van der Waals surface area contributed by atoms with Crippen LogP contribution in [0.1, 0.15) is 30.1 Å². The van der Waals surface area contributed by atoms with Crippen LogP contribution in [-0.4, -0.2) is 24.7 Å². The molecular weight excluding hydrogens is 312 g/mol. The number of aromatic nitrogens is 5. The molecule has 0 bridgehead atoms. The number of nitrogens with zero attached hydrogens (tertiary/aromatic N) is 5. The zero-order valence-corrected chi connectivity index (χ0v) is 13.1. The summed E-state index contributed by atoms with van der Waals surface area (Å²) in [5, 5.41) is 7.98. The summed E-state index contributed by atoms with van der Waals surface area (Å²) in [6, 6.07) is 7.58. The van der Waals surface area contributed by atoms with Crippen LogP contribution in [0.25, 0.3) is 5.82 Å². The van der Waals surface area contributed by atoms with Crippen molar-refractivity contribution >= 4 is 17.4 Å². The van der Waals surface area contributed by atoms with Gasteiger partial charge in [-0.3, -0.25) is 0 Å². The Hall–Kier alpha value is -2.47. The normalized spacial score (nSPS) is 14.0. The Morgan fingerprint density at radius 3 is 2.91 bits per heavy atom. The summed E-state index contributed by atoms with van der Waals surface area (Å²) in [6.07, 6.45) is 7.67. The van der Waals surface area contributed by atoms with Gasteiger partial charge in [0.25, 0.3) is 0 Å². The number of rotatable bonds is 5. The van der Waals surface area contributed by atoms with Gasteiger partial charge in [-0.2, -0.15) is 5.10 Å². The fourth-order valence-corrected chi connectivity index (χ4v) is 2.53. The largest absolute Gasteiger partial charge is 0.366 e. The Morgan fingerprint density at radius 1 is 1.22 bits per heavy atom. The van der Waals surface area contributed by atoms with Crippen LogP contribution >= 0.6 is 11.6 Å². The minimum Gasteiger partial charge on any atom is -0.366 e. The van der Waals surface area contributed by atoms with Crippen LogP contribution in [0.5, 0.6) is 0 Å². The molecule has 4 rings (SSSR count). The van der Waals surface area contributed by atoms with Gasteiger partial charge in [-0.15, -0.1) is 0 Å². The second-order valence-corrected chi connectivity index (χ2v) is 5.92. The summed E-state index contributed by atoms with van der Waals surface area (Å²) in [6.45, 7) is 0.633. The maximum Gasteiger partial charge on any atom is 0.153 e. The van der Waals surface area contributed by atoms with Crippen LogP contribution in [0.15, 0.2) is 42.9 Å². The fourth-order valence-electron chi connectivity index (χ4n) is 2.34. The van der Waals surface area contributed by atoms with Crippen LogP contribution in [0, 0.1) is 0 Å². The summed E-state index contributed by atoms with van der Waals surface area (Å²) in [5.74, 6) is 2.85. The lowest BCUT2D eigenvalue weighted by Gasteiger charge is -2.09. The molecule has 3 aromatic heterocycles. The smallest absolute Gasteiger partial charge is 0.153 e. The molecule has 1 aliphatic carbocycles. The van der Waals surface area contributed by atoms with Crippen molar-refractivity contribution in [2.75, 3.05) is 5.32 Å². The van der Waals surface area contributed by atoms with E-state index in [2.05, 4.69) is 25.4 Å². The van der Waals surface area contributed by atoms with Crippen LogP contribution in [0.3, 0.4) is 0 Å². The second kappa shape index (κ2) is 5.96. The van der Waals surface area contributed by atoms with Gasteiger partial charge in [-0.1, -0.05) is 11.6 Å². The van der Waals surface area contributed by atoms with Gasteiger partial charge in [0, 0.05) is 37.1 Å². The predicted octanol–water partition coefficient (Wildman–Crippen LogP) is 3.20. The van der Waals surface area contributed by atoms with Crippen LogP contribution in [-0.2, 0) is 6.54 Å². The first-order valence-corrected chi connectivity index (χ1v) is 7.89. The number of pyridine rings is 1. The number of hydrogen-bond acceptors (Lipinski definition) is 5. The highest BCUT2D eigenvalue weighted by Crippen LogP contribution is 2.38. The molecule has 1 aliphatic rings. The molecule has 0 radical (unpaired) electrons. The van der Waals surface area contributed by atoms with Gasteiger partial charge in [0.05, 0.1) is 0 Å². The molecule has 0 aliphatic heterocycles. The first-order valence-electron chi connectivity index (χ1n) is 7.51. The third kappa shape index (κ3) is 3.32. The lowest BCUT2D eigenvalue weighted by molar-refractivity contribution is 0.842. The van der Waals surface area contributed by atoms with E-state index in [0.717, 1.165) is 35.9 Å². The zero-order valence-electron chi connectivity index (χ0n) is 12.4. The monoisotopic (exact) mass is 326 g/mol. The molecule has 1 fully saturated rings. The molecule has 6 nitrogen and oxygen atoms in total. The number of anilines is 1. The second-order valence-electron chi connectivity index (χ2n) is 5.53.